The number of nitrogens with two attached hydrogens (primary N) is 1. The molecule has 3 fully saturated rings. The van der Waals surface area contributed by atoms with Gasteiger partial charge in [0.1, 0.15) is 11.9 Å². The van der Waals surface area contributed by atoms with Crippen LogP contribution in [0.15, 0.2) is 24.4 Å². The van der Waals surface area contributed by atoms with Gasteiger partial charge in [0.2, 0.25) is 0 Å². The van der Waals surface area contributed by atoms with E-state index in [1.165, 1.54) is 12.3 Å². The number of halogens is 3. The van der Waals surface area contributed by atoms with Crippen molar-refractivity contribution in [3.63, 3.8) is 0 Å². The van der Waals surface area contributed by atoms with Crippen molar-refractivity contribution in [1.82, 2.24) is 29.8 Å². The molecule has 2 N–H and O–H groups in total. The number of anilines is 1. The molecule has 3 atom stereocenters. The molecule has 2 aromatic carbocycles. The van der Waals surface area contributed by atoms with Crippen LogP contribution in [0.25, 0.3) is 21.3 Å². The molecule has 0 bridgehead atoms. The van der Waals surface area contributed by atoms with E-state index in [9.17, 15) is 14.0 Å². The van der Waals surface area contributed by atoms with Crippen molar-refractivity contribution in [2.75, 3.05) is 25.4 Å². The molecule has 11 nitrogen and oxygen atoms in total. The lowest BCUT2D eigenvalue weighted by Crippen LogP contribution is -2.71. The highest BCUT2D eigenvalue weighted by Crippen LogP contribution is 2.56. The van der Waals surface area contributed by atoms with Crippen LogP contribution in [0.1, 0.15) is 48.2 Å². The smallest absolute Gasteiger partial charge is 0.362 e. The fourth-order valence-corrected chi connectivity index (χ4v) is 9.18. The molecular weight excluding hydrogens is 642 g/mol. The van der Waals surface area contributed by atoms with Gasteiger partial charge in [-0.05, 0) is 43.4 Å². The highest BCUT2D eigenvalue weighted by molar-refractivity contribution is 7.22. The summed E-state index contributed by atoms with van der Waals surface area (Å²) in [5.74, 6) is -0.156. The van der Waals surface area contributed by atoms with E-state index in [-0.39, 0.29) is 66.3 Å². The molecule has 4 aromatic rings. The third kappa shape index (κ3) is 4.22. The summed E-state index contributed by atoms with van der Waals surface area (Å²) >= 11 is 14.8. The number of nitrogens with zero attached hydrogens (tertiary/aromatic N) is 7. The number of rotatable bonds is 2. The first-order valence-corrected chi connectivity index (χ1v) is 16.2. The Balaban J connectivity index is 1.13. The zero-order valence-electron chi connectivity index (χ0n) is 23.7. The molecule has 0 radical (unpaired) electrons. The van der Waals surface area contributed by atoms with Gasteiger partial charge >= 0.3 is 6.03 Å². The number of nitrogen functional groups attached to an aromatic ring is 1. The van der Waals surface area contributed by atoms with E-state index in [2.05, 4.69) is 15.2 Å². The van der Waals surface area contributed by atoms with Gasteiger partial charge in [-0.15, -0.1) is 5.10 Å². The summed E-state index contributed by atoms with van der Waals surface area (Å²) < 4.78 is 21.0. The fraction of sp³-hybridized carbons (Fsp3) is 0.400. The molecule has 8 rings (SSSR count). The predicted octanol–water partition coefficient (Wildman–Crippen LogP) is 5.59. The quantitative estimate of drug-likeness (QED) is 0.292. The Bertz CT molecular complexity index is 1970. The maximum Gasteiger partial charge on any atom is 0.362 e. The van der Waals surface area contributed by atoms with Gasteiger partial charge in [0.05, 0.1) is 38.6 Å². The predicted molar refractivity (Wildman–Crippen MR) is 165 cm³/mol. The lowest BCUT2D eigenvalue weighted by molar-refractivity contribution is -0.0839. The highest BCUT2D eigenvalue weighted by Gasteiger charge is 2.63. The van der Waals surface area contributed by atoms with Gasteiger partial charge in [-0.1, -0.05) is 45.8 Å². The second-order valence-electron chi connectivity index (χ2n) is 12.2. The van der Waals surface area contributed by atoms with Gasteiger partial charge in [-0.25, -0.2) is 14.2 Å². The molecule has 1 aliphatic carbocycles. The number of hydrogen-bond acceptors (Lipinski definition) is 9. The third-order valence-electron chi connectivity index (χ3n) is 9.78. The van der Waals surface area contributed by atoms with Gasteiger partial charge in [0, 0.05) is 48.1 Å². The zero-order valence-corrected chi connectivity index (χ0v) is 26.0. The summed E-state index contributed by atoms with van der Waals surface area (Å²) in [6, 6.07) is 5.81. The van der Waals surface area contributed by atoms with Crippen LogP contribution in [0, 0.1) is 28.5 Å². The van der Waals surface area contributed by atoms with Crippen LogP contribution in [-0.4, -0.2) is 73.5 Å². The Morgan fingerprint density at radius 1 is 1.22 bits per heavy atom. The number of aromatic nitrogens is 4. The minimum Gasteiger partial charge on any atom is -0.491 e. The highest BCUT2D eigenvalue weighted by atomic mass is 35.5. The topological polar surface area (TPSA) is 143 Å². The second-order valence-corrected chi connectivity index (χ2v) is 14.0. The minimum absolute atomic E-state index is 0.0716. The summed E-state index contributed by atoms with van der Waals surface area (Å²) in [6.07, 6.45) is 5.70. The molecule has 2 aromatic heterocycles. The van der Waals surface area contributed by atoms with E-state index in [1.54, 1.807) is 17.0 Å². The number of amides is 2. The second kappa shape index (κ2) is 10.3. The van der Waals surface area contributed by atoms with Crippen molar-refractivity contribution < 1.29 is 18.7 Å². The molecule has 15 heteroatoms. The Morgan fingerprint density at radius 3 is 2.78 bits per heavy atom. The zero-order chi connectivity index (χ0) is 31.2. The number of thiazole rings is 1. The molecular formula is C30H25Cl2FN8O3S. The van der Waals surface area contributed by atoms with Crippen LogP contribution in [-0.2, 0) is 0 Å². The monoisotopic (exact) mass is 666 g/mol. The Morgan fingerprint density at radius 2 is 2.04 bits per heavy atom. The van der Waals surface area contributed by atoms with E-state index in [4.69, 9.17) is 38.9 Å². The van der Waals surface area contributed by atoms with Gasteiger partial charge in [-0.2, -0.15) is 10.4 Å². The normalized spacial score (nSPS) is 24.4. The largest absolute Gasteiger partial charge is 0.491 e. The number of nitriles is 1. The summed E-state index contributed by atoms with van der Waals surface area (Å²) in [7, 11) is 0. The minimum atomic E-state index is -0.453. The number of carbonyl (C=O) groups is 2. The maximum absolute atomic E-state index is 14.5. The molecule has 2 saturated heterocycles. The lowest BCUT2D eigenvalue weighted by atomic mass is 9.60. The number of ether oxygens (including phenoxy) is 1. The van der Waals surface area contributed by atoms with Crippen LogP contribution in [0.3, 0.4) is 0 Å². The van der Waals surface area contributed by atoms with Crippen molar-refractivity contribution in [3.8, 4) is 22.9 Å². The van der Waals surface area contributed by atoms with Crippen molar-refractivity contribution >= 4 is 61.8 Å². The standard InChI is InChI=1S/C30H25Cl2FN8O3S/c31-19-8-18-24(22(32)21(19)17-4-5-20(33)25-23(17)37-28(35)45-25)44-7-6-16-9-30(12-39(16)27(18)42)13-40(26(30)14-2-1-3-14)29(43)41-36-11-15(10-34)38-41/h4-5,8,11,14,16,26H,1-3,6-7,9,12-13H2,(H2,35,37). The van der Waals surface area contributed by atoms with Crippen LogP contribution in [0.2, 0.25) is 10.0 Å². The molecule has 4 aliphatic rings. The number of fused-ring (bicyclic) bond motifs is 3. The van der Waals surface area contributed by atoms with Crippen molar-refractivity contribution in [3.05, 3.63) is 51.5 Å². The molecule has 230 valence electrons. The summed E-state index contributed by atoms with van der Waals surface area (Å²) in [6.45, 7) is 1.25. The average Bonchev–Trinajstić information content (AvgIpc) is 3.72. The lowest BCUT2D eigenvalue weighted by Gasteiger charge is -2.60. The summed E-state index contributed by atoms with van der Waals surface area (Å²) in [5.41, 5.74) is 7.16. The first kappa shape index (κ1) is 28.5. The SMILES string of the molecule is N#Cc1cnn(C(=O)N2CC3(CC4CCOc5c(cc(Cl)c(-c6ccc(F)c7sc(N)nc67)c5Cl)C(=O)N4C3)C2C2CCC2)n1. The molecule has 5 heterocycles. The van der Waals surface area contributed by atoms with Gasteiger partial charge in [0.15, 0.2) is 16.6 Å². The Labute approximate surface area is 270 Å². The van der Waals surface area contributed by atoms with Crippen molar-refractivity contribution in [2.45, 2.75) is 44.2 Å². The van der Waals surface area contributed by atoms with Crippen LogP contribution in [0.5, 0.6) is 5.75 Å². The van der Waals surface area contributed by atoms with E-state index in [0.29, 0.717) is 48.7 Å². The van der Waals surface area contributed by atoms with E-state index in [1.807, 2.05) is 11.0 Å². The van der Waals surface area contributed by atoms with Crippen LogP contribution in [0.4, 0.5) is 14.3 Å². The third-order valence-corrected chi connectivity index (χ3v) is 11.3. The Kier molecular flexibility index (Phi) is 6.50. The fourth-order valence-electron chi connectivity index (χ4n) is 7.70. The average molecular weight is 668 g/mol. The number of benzene rings is 2. The first-order chi connectivity index (χ1) is 21.7. The number of likely N-dealkylation sites (tertiary alicyclic amines) is 1. The maximum atomic E-state index is 14.5. The molecule has 3 aliphatic heterocycles. The van der Waals surface area contributed by atoms with Gasteiger partial charge < -0.3 is 20.3 Å². The molecule has 2 amide bonds. The Hall–Kier alpha value is -3.99. The number of carbonyl (C=O) groups excluding carboxylic acids is 2. The molecule has 45 heavy (non-hydrogen) atoms. The summed E-state index contributed by atoms with van der Waals surface area (Å²) in [4.78, 5) is 36.7. The van der Waals surface area contributed by atoms with E-state index < -0.39 is 5.82 Å². The summed E-state index contributed by atoms with van der Waals surface area (Å²) in [5, 5.41) is 17.7. The first-order valence-electron chi connectivity index (χ1n) is 14.6. The molecule has 1 spiro atoms. The van der Waals surface area contributed by atoms with Gasteiger partial charge in [0.25, 0.3) is 5.91 Å². The van der Waals surface area contributed by atoms with E-state index in [0.717, 1.165) is 41.8 Å². The van der Waals surface area contributed by atoms with Crippen molar-refractivity contribution in [2.24, 2.45) is 11.3 Å². The number of hydrogen-bond donors (Lipinski definition) is 1. The van der Waals surface area contributed by atoms with Crippen LogP contribution < -0.4 is 10.5 Å². The van der Waals surface area contributed by atoms with Crippen molar-refractivity contribution in [1.29, 1.82) is 5.26 Å². The molecule has 3 unspecified atom stereocenters. The van der Waals surface area contributed by atoms with Crippen LogP contribution >= 0.6 is 34.5 Å². The van der Waals surface area contributed by atoms with E-state index >= 15 is 0 Å². The molecule has 1 saturated carbocycles. The van der Waals surface area contributed by atoms with Gasteiger partial charge in [-0.3, -0.25) is 4.79 Å².